The van der Waals surface area contributed by atoms with Gasteiger partial charge in [-0.2, -0.15) is 0 Å². The molecular formula is C14H15NO3. The zero-order valence-corrected chi connectivity index (χ0v) is 10.0. The number of aromatic nitrogens is 1. The fraction of sp³-hybridized carbons (Fsp3) is 0.429. The first kappa shape index (κ1) is 12.6. The second-order valence-corrected chi connectivity index (χ2v) is 4.55. The van der Waals surface area contributed by atoms with Crippen LogP contribution in [0.1, 0.15) is 48.2 Å². The van der Waals surface area contributed by atoms with Crippen LogP contribution in [0.5, 0.6) is 0 Å². The Kier molecular flexibility index (Phi) is 3.63. The van der Waals surface area contributed by atoms with Crippen molar-refractivity contribution in [3.63, 3.8) is 0 Å². The van der Waals surface area contributed by atoms with Crippen LogP contribution < -0.4 is 0 Å². The molecule has 1 fully saturated rings. The van der Waals surface area contributed by atoms with Gasteiger partial charge >= 0.3 is 5.97 Å². The van der Waals surface area contributed by atoms with E-state index in [9.17, 15) is 9.90 Å². The smallest absolute Gasteiger partial charge is 0.338 e. The number of carboxylic acids is 1. The molecule has 2 rings (SSSR count). The largest absolute Gasteiger partial charge is 0.478 e. The Bertz CT molecular complexity index is 507. The van der Waals surface area contributed by atoms with Gasteiger partial charge < -0.3 is 10.2 Å². The first-order valence-corrected chi connectivity index (χ1v) is 6.05. The molecule has 0 aromatic carbocycles. The lowest BCUT2D eigenvalue weighted by Gasteiger charge is -2.26. The van der Waals surface area contributed by atoms with Gasteiger partial charge in [0.15, 0.2) is 0 Å². The molecular weight excluding hydrogens is 230 g/mol. The van der Waals surface area contributed by atoms with Gasteiger partial charge in [0, 0.05) is 6.20 Å². The van der Waals surface area contributed by atoms with Gasteiger partial charge in [0.25, 0.3) is 0 Å². The minimum atomic E-state index is -1.05. The van der Waals surface area contributed by atoms with E-state index in [0.717, 1.165) is 19.3 Å². The fourth-order valence-electron chi connectivity index (χ4n) is 2.11. The van der Waals surface area contributed by atoms with E-state index in [1.54, 1.807) is 6.07 Å². The maximum atomic E-state index is 11.0. The van der Waals surface area contributed by atoms with Crippen molar-refractivity contribution in [3.8, 4) is 11.8 Å². The SMILES string of the molecule is O=C(O)c1cccnc1C#CC1(O)CCCCC1. The quantitative estimate of drug-likeness (QED) is 0.740. The van der Waals surface area contributed by atoms with Gasteiger partial charge in [-0.25, -0.2) is 9.78 Å². The van der Waals surface area contributed by atoms with Crippen LogP contribution in [0.25, 0.3) is 0 Å². The van der Waals surface area contributed by atoms with Gasteiger partial charge in [-0.3, -0.25) is 0 Å². The van der Waals surface area contributed by atoms with Crippen molar-refractivity contribution in [2.24, 2.45) is 0 Å². The topological polar surface area (TPSA) is 70.4 Å². The van der Waals surface area contributed by atoms with E-state index in [1.165, 1.54) is 12.3 Å². The molecule has 0 amide bonds. The zero-order valence-electron chi connectivity index (χ0n) is 10.0. The predicted molar refractivity (Wildman–Crippen MR) is 66.1 cm³/mol. The molecule has 1 aliphatic carbocycles. The average molecular weight is 245 g/mol. The summed E-state index contributed by atoms with van der Waals surface area (Å²) in [7, 11) is 0. The molecule has 0 bridgehead atoms. The highest BCUT2D eigenvalue weighted by Gasteiger charge is 2.26. The van der Waals surface area contributed by atoms with Gasteiger partial charge in [-0.1, -0.05) is 12.3 Å². The molecule has 1 aromatic heterocycles. The molecule has 4 nitrogen and oxygen atoms in total. The van der Waals surface area contributed by atoms with E-state index in [0.29, 0.717) is 12.8 Å². The Morgan fingerprint density at radius 2 is 2.06 bits per heavy atom. The number of carboxylic acid groups (broad SMARTS) is 1. The molecule has 0 saturated heterocycles. The second-order valence-electron chi connectivity index (χ2n) is 4.55. The summed E-state index contributed by atoms with van der Waals surface area (Å²) in [5, 5.41) is 19.2. The van der Waals surface area contributed by atoms with Crippen molar-refractivity contribution in [2.45, 2.75) is 37.7 Å². The first-order valence-electron chi connectivity index (χ1n) is 6.05. The van der Waals surface area contributed by atoms with E-state index in [-0.39, 0.29) is 11.3 Å². The van der Waals surface area contributed by atoms with Crippen molar-refractivity contribution in [1.29, 1.82) is 0 Å². The lowest BCUT2D eigenvalue weighted by atomic mass is 9.85. The summed E-state index contributed by atoms with van der Waals surface area (Å²) in [4.78, 5) is 14.9. The second kappa shape index (κ2) is 5.19. The Labute approximate surface area is 106 Å². The third kappa shape index (κ3) is 2.88. The van der Waals surface area contributed by atoms with Gasteiger partial charge in [0.1, 0.15) is 11.3 Å². The maximum absolute atomic E-state index is 11.0. The molecule has 94 valence electrons. The van der Waals surface area contributed by atoms with Crippen LogP contribution in [-0.4, -0.2) is 26.8 Å². The van der Waals surface area contributed by atoms with E-state index >= 15 is 0 Å². The van der Waals surface area contributed by atoms with Gasteiger partial charge in [0.2, 0.25) is 0 Å². The summed E-state index contributed by atoms with van der Waals surface area (Å²) in [6.45, 7) is 0. The van der Waals surface area contributed by atoms with Gasteiger partial charge in [0.05, 0.1) is 5.56 Å². The molecule has 0 spiro atoms. The fourth-order valence-corrected chi connectivity index (χ4v) is 2.11. The zero-order chi connectivity index (χ0) is 13.0. The van der Waals surface area contributed by atoms with Crippen LogP contribution in [0.2, 0.25) is 0 Å². The molecule has 0 unspecified atom stereocenters. The Balaban J connectivity index is 2.26. The molecule has 18 heavy (non-hydrogen) atoms. The highest BCUT2D eigenvalue weighted by Crippen LogP contribution is 2.27. The van der Waals surface area contributed by atoms with E-state index < -0.39 is 11.6 Å². The molecule has 0 atom stereocenters. The van der Waals surface area contributed by atoms with Crippen LogP contribution in [0.3, 0.4) is 0 Å². The van der Waals surface area contributed by atoms with Gasteiger partial charge in [-0.05, 0) is 43.7 Å². The van der Waals surface area contributed by atoms with E-state index in [4.69, 9.17) is 5.11 Å². The number of rotatable bonds is 1. The summed E-state index contributed by atoms with van der Waals surface area (Å²) >= 11 is 0. The third-order valence-corrected chi connectivity index (χ3v) is 3.13. The molecule has 4 heteroatoms. The van der Waals surface area contributed by atoms with Crippen molar-refractivity contribution in [2.75, 3.05) is 0 Å². The van der Waals surface area contributed by atoms with Crippen molar-refractivity contribution < 1.29 is 15.0 Å². The minimum Gasteiger partial charge on any atom is -0.478 e. The average Bonchev–Trinajstić information content (AvgIpc) is 2.38. The van der Waals surface area contributed by atoms with Crippen LogP contribution in [-0.2, 0) is 0 Å². The monoisotopic (exact) mass is 245 g/mol. The number of hydrogen-bond donors (Lipinski definition) is 2. The maximum Gasteiger partial charge on any atom is 0.338 e. The van der Waals surface area contributed by atoms with Crippen molar-refractivity contribution in [3.05, 3.63) is 29.6 Å². The van der Waals surface area contributed by atoms with Crippen molar-refractivity contribution >= 4 is 5.97 Å². The number of hydrogen-bond acceptors (Lipinski definition) is 3. The standard InChI is InChI=1S/C14H15NO3/c16-13(17)11-5-4-10-15-12(11)6-9-14(18)7-2-1-3-8-14/h4-5,10,18H,1-3,7-8H2,(H,16,17). The number of aromatic carboxylic acids is 1. The van der Waals surface area contributed by atoms with Crippen LogP contribution in [0, 0.1) is 11.8 Å². The Morgan fingerprint density at radius 1 is 1.33 bits per heavy atom. The van der Waals surface area contributed by atoms with E-state index in [1.807, 2.05) is 0 Å². The summed E-state index contributed by atoms with van der Waals surface area (Å²) in [6, 6.07) is 3.02. The predicted octanol–water partition coefficient (Wildman–Crippen LogP) is 1.83. The number of carbonyl (C=O) groups is 1. The van der Waals surface area contributed by atoms with Crippen LogP contribution in [0.15, 0.2) is 18.3 Å². The molecule has 2 N–H and O–H groups in total. The number of aliphatic hydroxyl groups is 1. The van der Waals surface area contributed by atoms with Crippen molar-refractivity contribution in [1.82, 2.24) is 4.98 Å². The lowest BCUT2D eigenvalue weighted by Crippen LogP contribution is -2.29. The van der Waals surface area contributed by atoms with Gasteiger partial charge in [-0.15, -0.1) is 0 Å². The highest BCUT2D eigenvalue weighted by atomic mass is 16.4. The molecule has 0 radical (unpaired) electrons. The Hall–Kier alpha value is -1.86. The third-order valence-electron chi connectivity index (χ3n) is 3.13. The highest BCUT2D eigenvalue weighted by molar-refractivity contribution is 5.89. The molecule has 0 aliphatic heterocycles. The molecule has 1 heterocycles. The first-order chi connectivity index (χ1) is 8.61. The normalized spacial score (nSPS) is 17.6. The van der Waals surface area contributed by atoms with E-state index in [2.05, 4.69) is 16.8 Å². The molecule has 1 saturated carbocycles. The summed E-state index contributed by atoms with van der Waals surface area (Å²) in [5.74, 6) is 4.45. The minimum absolute atomic E-state index is 0.0735. The van der Waals surface area contributed by atoms with Crippen LogP contribution in [0.4, 0.5) is 0 Å². The summed E-state index contributed by atoms with van der Waals surface area (Å²) in [5.41, 5.74) is -0.695. The molecule has 1 aliphatic rings. The molecule has 1 aromatic rings. The number of pyridine rings is 1. The van der Waals surface area contributed by atoms with Crippen LogP contribution >= 0.6 is 0 Å². The lowest BCUT2D eigenvalue weighted by molar-refractivity contribution is 0.0609. The number of nitrogens with zero attached hydrogens (tertiary/aromatic N) is 1. The summed E-state index contributed by atoms with van der Waals surface area (Å²) in [6.07, 6.45) is 5.83. The summed E-state index contributed by atoms with van der Waals surface area (Å²) < 4.78 is 0. The Morgan fingerprint density at radius 3 is 2.72 bits per heavy atom.